The third-order valence-electron chi connectivity index (χ3n) is 4.61. The van der Waals surface area contributed by atoms with Crippen LogP contribution in [0.2, 0.25) is 0 Å². The number of fused-ring (bicyclic) bond motifs is 5. The second-order valence-corrected chi connectivity index (χ2v) is 5.46. The van der Waals surface area contributed by atoms with E-state index in [1.807, 2.05) is 0 Å². The zero-order chi connectivity index (χ0) is 12.1. The van der Waals surface area contributed by atoms with Gasteiger partial charge in [0.25, 0.3) is 0 Å². The summed E-state index contributed by atoms with van der Waals surface area (Å²) in [5.41, 5.74) is 6.04. The van der Waals surface area contributed by atoms with Crippen LogP contribution in [0.5, 0.6) is 0 Å². The van der Waals surface area contributed by atoms with Gasteiger partial charge in [0.2, 0.25) is 0 Å². The Hall–Kier alpha value is -1.76. The van der Waals surface area contributed by atoms with Gasteiger partial charge in [-0.15, -0.1) is 0 Å². The van der Waals surface area contributed by atoms with E-state index in [9.17, 15) is 0 Å². The molecule has 1 nitrogen and oxygen atoms in total. The smallest absolute Gasteiger partial charge is 0.0611 e. The van der Waals surface area contributed by atoms with Gasteiger partial charge < -0.3 is 4.90 Å². The second-order valence-electron chi connectivity index (χ2n) is 5.46. The molecule has 0 amide bonds. The molecule has 0 spiro atoms. The van der Waals surface area contributed by atoms with Crippen molar-refractivity contribution in [1.82, 2.24) is 0 Å². The molecular weight excluding hydrogens is 218 g/mol. The molecule has 4 rings (SSSR count). The van der Waals surface area contributed by atoms with Gasteiger partial charge in [0.15, 0.2) is 0 Å². The molecule has 1 heterocycles. The van der Waals surface area contributed by atoms with E-state index < -0.39 is 0 Å². The number of rotatable bonds is 0. The SMILES string of the molecule is CN1c2ccccc2C2CCc3ccccc3C21. The van der Waals surface area contributed by atoms with Crippen molar-refractivity contribution in [2.75, 3.05) is 11.9 Å². The number of likely N-dealkylation sites (N-methyl/N-ethyl adjacent to an activating group) is 1. The molecule has 1 aliphatic carbocycles. The summed E-state index contributed by atoms with van der Waals surface area (Å²) in [6.07, 6.45) is 2.50. The summed E-state index contributed by atoms with van der Waals surface area (Å²) in [6.45, 7) is 0. The molecule has 90 valence electrons. The Bertz CT molecular complexity index is 602. The first kappa shape index (κ1) is 10.2. The minimum absolute atomic E-state index is 0.548. The Morgan fingerprint density at radius 2 is 1.67 bits per heavy atom. The van der Waals surface area contributed by atoms with Crippen LogP contribution in [0.1, 0.15) is 35.1 Å². The van der Waals surface area contributed by atoms with E-state index in [2.05, 4.69) is 60.5 Å². The van der Waals surface area contributed by atoms with Gasteiger partial charge in [-0.1, -0.05) is 42.5 Å². The van der Waals surface area contributed by atoms with Crippen molar-refractivity contribution < 1.29 is 0 Å². The van der Waals surface area contributed by atoms with Crippen LogP contribution in [0.25, 0.3) is 0 Å². The van der Waals surface area contributed by atoms with Crippen LogP contribution < -0.4 is 4.90 Å². The lowest BCUT2D eigenvalue weighted by Gasteiger charge is -2.33. The monoisotopic (exact) mass is 235 g/mol. The van der Waals surface area contributed by atoms with Crippen molar-refractivity contribution in [1.29, 1.82) is 0 Å². The maximum absolute atomic E-state index is 2.47. The van der Waals surface area contributed by atoms with E-state index >= 15 is 0 Å². The zero-order valence-electron chi connectivity index (χ0n) is 10.6. The molecule has 0 bridgehead atoms. The molecule has 0 aromatic heterocycles. The van der Waals surface area contributed by atoms with Crippen LogP contribution in [-0.4, -0.2) is 7.05 Å². The summed E-state index contributed by atoms with van der Waals surface area (Å²) in [7, 11) is 2.24. The summed E-state index contributed by atoms with van der Waals surface area (Å²) in [5, 5.41) is 0. The molecule has 18 heavy (non-hydrogen) atoms. The van der Waals surface area contributed by atoms with Gasteiger partial charge in [-0.2, -0.15) is 0 Å². The topological polar surface area (TPSA) is 3.24 Å². The van der Waals surface area contributed by atoms with Gasteiger partial charge in [-0.25, -0.2) is 0 Å². The molecule has 1 heteroatoms. The summed E-state index contributed by atoms with van der Waals surface area (Å²) in [4.78, 5) is 2.47. The molecular formula is C17H17N. The number of benzene rings is 2. The van der Waals surface area contributed by atoms with Crippen molar-refractivity contribution in [3.8, 4) is 0 Å². The highest BCUT2D eigenvalue weighted by molar-refractivity contribution is 5.64. The van der Waals surface area contributed by atoms with Crippen molar-refractivity contribution in [2.24, 2.45) is 0 Å². The lowest BCUT2D eigenvalue weighted by Crippen LogP contribution is -2.26. The lowest BCUT2D eigenvalue weighted by atomic mass is 9.78. The Morgan fingerprint density at radius 3 is 2.56 bits per heavy atom. The third-order valence-corrected chi connectivity index (χ3v) is 4.61. The number of anilines is 1. The molecule has 2 aromatic rings. The Balaban J connectivity index is 1.90. The van der Waals surface area contributed by atoms with E-state index in [-0.39, 0.29) is 0 Å². The van der Waals surface area contributed by atoms with E-state index in [0.29, 0.717) is 12.0 Å². The minimum Gasteiger partial charge on any atom is -0.367 e. The molecule has 2 unspecified atom stereocenters. The van der Waals surface area contributed by atoms with Crippen LogP contribution >= 0.6 is 0 Å². The molecule has 0 saturated heterocycles. The summed E-state index contributed by atoms with van der Waals surface area (Å²) < 4.78 is 0. The highest BCUT2D eigenvalue weighted by Gasteiger charge is 2.40. The van der Waals surface area contributed by atoms with E-state index in [1.54, 1.807) is 11.1 Å². The standard InChI is InChI=1S/C17H17N/c1-18-16-9-5-4-8-14(16)15-11-10-12-6-2-3-7-13(12)17(15)18/h2-9,15,17H,10-11H2,1H3. The first-order valence-electron chi connectivity index (χ1n) is 6.76. The van der Waals surface area contributed by atoms with E-state index in [4.69, 9.17) is 0 Å². The fourth-order valence-electron chi connectivity index (χ4n) is 3.81. The van der Waals surface area contributed by atoms with Crippen molar-refractivity contribution in [2.45, 2.75) is 24.8 Å². The van der Waals surface area contributed by atoms with E-state index in [1.165, 1.54) is 24.1 Å². The first-order chi connectivity index (χ1) is 8.86. The highest BCUT2D eigenvalue weighted by Crippen LogP contribution is 2.52. The van der Waals surface area contributed by atoms with Crippen LogP contribution in [-0.2, 0) is 6.42 Å². The average molecular weight is 235 g/mol. The van der Waals surface area contributed by atoms with Crippen molar-refractivity contribution >= 4 is 5.69 Å². The Kier molecular flexibility index (Phi) is 2.05. The van der Waals surface area contributed by atoms with Gasteiger partial charge in [-0.3, -0.25) is 0 Å². The second kappa shape index (κ2) is 3.61. The van der Waals surface area contributed by atoms with E-state index in [0.717, 1.165) is 0 Å². The molecule has 0 N–H and O–H groups in total. The molecule has 0 fully saturated rings. The Labute approximate surface area is 108 Å². The van der Waals surface area contributed by atoms with Gasteiger partial charge in [0, 0.05) is 18.7 Å². The quantitative estimate of drug-likeness (QED) is 0.669. The van der Waals surface area contributed by atoms with Crippen LogP contribution in [0.3, 0.4) is 0 Å². The zero-order valence-corrected chi connectivity index (χ0v) is 10.6. The molecule has 2 aliphatic rings. The molecule has 0 saturated carbocycles. The number of hydrogen-bond acceptors (Lipinski definition) is 1. The number of para-hydroxylation sites is 1. The Morgan fingerprint density at radius 1 is 0.944 bits per heavy atom. The van der Waals surface area contributed by atoms with Gasteiger partial charge in [0.05, 0.1) is 6.04 Å². The van der Waals surface area contributed by atoms with Gasteiger partial charge in [-0.05, 0) is 35.6 Å². The highest BCUT2D eigenvalue weighted by atomic mass is 15.2. The molecule has 0 radical (unpaired) electrons. The van der Waals surface area contributed by atoms with Crippen LogP contribution in [0.4, 0.5) is 5.69 Å². The first-order valence-corrected chi connectivity index (χ1v) is 6.76. The van der Waals surface area contributed by atoms with Gasteiger partial charge >= 0.3 is 0 Å². The maximum Gasteiger partial charge on any atom is 0.0611 e. The van der Waals surface area contributed by atoms with Gasteiger partial charge in [0.1, 0.15) is 0 Å². The molecule has 2 atom stereocenters. The summed E-state index contributed by atoms with van der Waals surface area (Å²) >= 11 is 0. The minimum atomic E-state index is 0.548. The normalized spacial score (nSPS) is 24.4. The van der Waals surface area contributed by atoms with Crippen LogP contribution in [0, 0.1) is 0 Å². The van der Waals surface area contributed by atoms with Crippen molar-refractivity contribution in [3.63, 3.8) is 0 Å². The average Bonchev–Trinajstić information content (AvgIpc) is 2.73. The molecule has 1 aliphatic heterocycles. The number of aryl methyl sites for hydroxylation is 1. The summed E-state index contributed by atoms with van der Waals surface area (Å²) in [5.74, 6) is 0.682. The maximum atomic E-state index is 2.47. The fraction of sp³-hybridized carbons (Fsp3) is 0.294. The molecule has 2 aromatic carbocycles. The number of hydrogen-bond donors (Lipinski definition) is 0. The predicted molar refractivity (Wildman–Crippen MR) is 75.1 cm³/mol. The lowest BCUT2D eigenvalue weighted by molar-refractivity contribution is 0.500. The fourth-order valence-corrected chi connectivity index (χ4v) is 3.81. The predicted octanol–water partition coefficient (Wildman–Crippen LogP) is 3.91. The summed E-state index contributed by atoms with van der Waals surface area (Å²) in [6, 6.07) is 18.4. The third kappa shape index (κ3) is 1.22. The number of nitrogens with zero attached hydrogens (tertiary/aromatic N) is 1. The van der Waals surface area contributed by atoms with Crippen LogP contribution in [0.15, 0.2) is 48.5 Å². The van der Waals surface area contributed by atoms with Crippen molar-refractivity contribution in [3.05, 3.63) is 65.2 Å². The largest absolute Gasteiger partial charge is 0.367 e.